The van der Waals surface area contributed by atoms with Crippen molar-refractivity contribution in [2.75, 3.05) is 5.75 Å². The molecule has 0 heterocycles. The molecule has 1 N–H and O–H groups in total. The predicted molar refractivity (Wildman–Crippen MR) is 134 cm³/mol. The van der Waals surface area contributed by atoms with Crippen molar-refractivity contribution in [3.05, 3.63) is 69.2 Å². The lowest BCUT2D eigenvalue weighted by Crippen LogP contribution is -2.53. The van der Waals surface area contributed by atoms with Crippen LogP contribution in [0.1, 0.15) is 45.2 Å². The topological polar surface area (TPSA) is 49.4 Å². The SMILES string of the molecule is CC[C@H](C(=O)NC(C)(C)C)N(Cc1ccccc1Cl)C(=O)CSCc1ccc(Br)cc1. The maximum Gasteiger partial charge on any atom is 0.243 e. The molecule has 1 atom stereocenters. The zero-order valence-corrected chi connectivity index (χ0v) is 21.6. The smallest absolute Gasteiger partial charge is 0.243 e. The van der Waals surface area contributed by atoms with Gasteiger partial charge in [-0.3, -0.25) is 9.59 Å². The number of carbonyl (C=O) groups excluding carboxylic acids is 2. The molecule has 7 heteroatoms. The Labute approximate surface area is 203 Å². The molecule has 0 fully saturated rings. The summed E-state index contributed by atoms with van der Waals surface area (Å²) in [5, 5.41) is 3.61. The van der Waals surface area contributed by atoms with E-state index >= 15 is 0 Å². The van der Waals surface area contributed by atoms with Crippen molar-refractivity contribution in [3.63, 3.8) is 0 Å². The Kier molecular flexibility index (Phi) is 9.91. The van der Waals surface area contributed by atoms with Crippen molar-refractivity contribution in [2.45, 2.75) is 58.0 Å². The van der Waals surface area contributed by atoms with E-state index in [0.717, 1.165) is 21.4 Å². The number of thioether (sulfide) groups is 1. The Morgan fingerprint density at radius 2 is 1.77 bits per heavy atom. The summed E-state index contributed by atoms with van der Waals surface area (Å²) in [6.45, 7) is 8.03. The van der Waals surface area contributed by atoms with Crippen molar-refractivity contribution in [1.29, 1.82) is 0 Å². The van der Waals surface area contributed by atoms with Crippen molar-refractivity contribution in [1.82, 2.24) is 10.2 Å². The highest BCUT2D eigenvalue weighted by atomic mass is 79.9. The average molecular weight is 526 g/mol. The molecule has 168 valence electrons. The monoisotopic (exact) mass is 524 g/mol. The molecule has 2 aromatic rings. The van der Waals surface area contributed by atoms with Gasteiger partial charge in [0.05, 0.1) is 5.75 Å². The van der Waals surface area contributed by atoms with Gasteiger partial charge in [0.15, 0.2) is 0 Å². The third-order valence-corrected chi connectivity index (χ3v) is 6.48. The van der Waals surface area contributed by atoms with Gasteiger partial charge in [-0.2, -0.15) is 0 Å². The van der Waals surface area contributed by atoms with Crippen LogP contribution in [0.25, 0.3) is 0 Å². The van der Waals surface area contributed by atoms with E-state index in [4.69, 9.17) is 11.6 Å². The molecular formula is C24H30BrClN2O2S. The number of amides is 2. The van der Waals surface area contributed by atoms with Gasteiger partial charge in [0.1, 0.15) is 6.04 Å². The summed E-state index contributed by atoms with van der Waals surface area (Å²) in [6.07, 6.45) is 0.523. The van der Waals surface area contributed by atoms with Crippen LogP contribution < -0.4 is 5.32 Å². The second-order valence-corrected chi connectivity index (χ2v) is 10.7. The highest BCUT2D eigenvalue weighted by molar-refractivity contribution is 9.10. The van der Waals surface area contributed by atoms with Crippen LogP contribution in [-0.4, -0.2) is 34.0 Å². The number of carbonyl (C=O) groups is 2. The summed E-state index contributed by atoms with van der Waals surface area (Å²) in [4.78, 5) is 27.9. The van der Waals surface area contributed by atoms with Gasteiger partial charge < -0.3 is 10.2 Å². The van der Waals surface area contributed by atoms with Gasteiger partial charge in [-0.15, -0.1) is 11.8 Å². The number of nitrogens with zero attached hydrogens (tertiary/aromatic N) is 1. The van der Waals surface area contributed by atoms with Crippen LogP contribution in [0.2, 0.25) is 5.02 Å². The molecule has 0 saturated heterocycles. The van der Waals surface area contributed by atoms with Crippen LogP contribution in [0.5, 0.6) is 0 Å². The minimum absolute atomic E-state index is 0.0714. The van der Waals surface area contributed by atoms with E-state index in [9.17, 15) is 9.59 Å². The number of hydrogen-bond acceptors (Lipinski definition) is 3. The Balaban J connectivity index is 2.16. The Bertz CT molecular complexity index is 884. The first-order valence-electron chi connectivity index (χ1n) is 10.3. The minimum Gasteiger partial charge on any atom is -0.350 e. The zero-order chi connectivity index (χ0) is 23.0. The molecule has 0 aromatic heterocycles. The quantitative estimate of drug-likeness (QED) is 0.433. The second-order valence-electron chi connectivity index (χ2n) is 8.40. The maximum absolute atomic E-state index is 13.2. The molecule has 0 bridgehead atoms. The fourth-order valence-electron chi connectivity index (χ4n) is 3.10. The highest BCUT2D eigenvalue weighted by Gasteiger charge is 2.30. The van der Waals surface area contributed by atoms with Crippen molar-refractivity contribution in [3.8, 4) is 0 Å². The zero-order valence-electron chi connectivity index (χ0n) is 18.5. The van der Waals surface area contributed by atoms with Crippen LogP contribution in [0, 0.1) is 0 Å². The summed E-state index contributed by atoms with van der Waals surface area (Å²) in [5.41, 5.74) is 1.61. The van der Waals surface area contributed by atoms with Crippen LogP contribution in [0.3, 0.4) is 0 Å². The molecule has 0 spiro atoms. The van der Waals surface area contributed by atoms with E-state index in [2.05, 4.69) is 21.2 Å². The van der Waals surface area contributed by atoms with E-state index in [1.165, 1.54) is 0 Å². The molecule has 0 saturated carbocycles. The molecule has 0 aliphatic carbocycles. The first-order chi connectivity index (χ1) is 14.6. The van der Waals surface area contributed by atoms with Gasteiger partial charge in [0, 0.05) is 27.3 Å². The van der Waals surface area contributed by atoms with Crippen molar-refractivity contribution < 1.29 is 9.59 Å². The highest BCUT2D eigenvalue weighted by Crippen LogP contribution is 2.22. The molecule has 2 aromatic carbocycles. The Hall–Kier alpha value is -1.50. The number of nitrogens with one attached hydrogen (secondary N) is 1. The summed E-state index contributed by atoms with van der Waals surface area (Å²) < 4.78 is 1.03. The molecular weight excluding hydrogens is 496 g/mol. The maximum atomic E-state index is 13.2. The van der Waals surface area contributed by atoms with Crippen LogP contribution in [-0.2, 0) is 21.9 Å². The lowest BCUT2D eigenvalue weighted by molar-refractivity contribution is -0.140. The lowest BCUT2D eigenvalue weighted by Gasteiger charge is -2.33. The Morgan fingerprint density at radius 1 is 1.13 bits per heavy atom. The Morgan fingerprint density at radius 3 is 2.35 bits per heavy atom. The van der Waals surface area contributed by atoms with E-state index < -0.39 is 6.04 Å². The second kappa shape index (κ2) is 11.9. The molecule has 0 aliphatic heterocycles. The van der Waals surface area contributed by atoms with Gasteiger partial charge >= 0.3 is 0 Å². The van der Waals surface area contributed by atoms with E-state index in [1.807, 2.05) is 70.2 Å². The third-order valence-electron chi connectivity index (χ3n) is 4.59. The van der Waals surface area contributed by atoms with E-state index in [1.54, 1.807) is 22.7 Å². The van der Waals surface area contributed by atoms with E-state index in [0.29, 0.717) is 23.7 Å². The minimum atomic E-state index is -0.559. The van der Waals surface area contributed by atoms with Gasteiger partial charge in [-0.1, -0.05) is 64.8 Å². The molecule has 31 heavy (non-hydrogen) atoms. The van der Waals surface area contributed by atoms with Crippen molar-refractivity contribution in [2.24, 2.45) is 0 Å². The molecule has 4 nitrogen and oxygen atoms in total. The number of halogens is 2. The van der Waals surface area contributed by atoms with E-state index in [-0.39, 0.29) is 17.4 Å². The summed E-state index contributed by atoms with van der Waals surface area (Å²) >= 11 is 11.3. The van der Waals surface area contributed by atoms with Crippen LogP contribution in [0.15, 0.2) is 53.0 Å². The lowest BCUT2D eigenvalue weighted by atomic mass is 10.1. The standard InChI is InChI=1S/C24H30BrClN2O2S/c1-5-21(23(30)27-24(2,3)4)28(14-18-8-6-7-9-20(18)26)22(29)16-31-15-17-10-12-19(25)13-11-17/h6-13,21H,5,14-16H2,1-4H3,(H,27,30)/t21-/m1/s1. The fourth-order valence-corrected chi connectivity index (χ4v) is 4.43. The van der Waals surface area contributed by atoms with Gasteiger partial charge in [0.2, 0.25) is 11.8 Å². The summed E-state index contributed by atoms with van der Waals surface area (Å²) in [5.74, 6) is 0.801. The summed E-state index contributed by atoms with van der Waals surface area (Å²) in [7, 11) is 0. The van der Waals surface area contributed by atoms with Gasteiger partial charge in [0.25, 0.3) is 0 Å². The van der Waals surface area contributed by atoms with Crippen LogP contribution >= 0.6 is 39.3 Å². The summed E-state index contributed by atoms with van der Waals surface area (Å²) in [6, 6.07) is 14.9. The fraction of sp³-hybridized carbons (Fsp3) is 0.417. The van der Waals surface area contributed by atoms with Gasteiger partial charge in [-0.25, -0.2) is 0 Å². The average Bonchev–Trinajstić information content (AvgIpc) is 2.69. The molecule has 2 rings (SSSR count). The first-order valence-corrected chi connectivity index (χ1v) is 12.6. The molecule has 0 aliphatic rings. The normalized spacial score (nSPS) is 12.3. The number of benzene rings is 2. The molecule has 0 radical (unpaired) electrons. The molecule has 0 unspecified atom stereocenters. The molecule has 2 amide bonds. The first kappa shape index (κ1) is 25.8. The number of rotatable bonds is 9. The third kappa shape index (κ3) is 8.51. The van der Waals surface area contributed by atoms with Crippen molar-refractivity contribution >= 4 is 51.1 Å². The largest absolute Gasteiger partial charge is 0.350 e. The van der Waals surface area contributed by atoms with Crippen LogP contribution in [0.4, 0.5) is 0 Å². The van der Waals surface area contributed by atoms with Gasteiger partial charge in [-0.05, 0) is 56.5 Å². The number of hydrogen-bond donors (Lipinski definition) is 1. The predicted octanol–water partition coefficient (Wildman–Crippen LogP) is 6.06.